The monoisotopic (exact) mass is 380 g/mol. The summed E-state index contributed by atoms with van der Waals surface area (Å²) in [6.45, 7) is -1.32. The summed E-state index contributed by atoms with van der Waals surface area (Å²) >= 11 is 0. The second-order valence-electron chi connectivity index (χ2n) is 6.59. The van der Waals surface area contributed by atoms with E-state index in [2.05, 4.69) is 5.32 Å². The van der Waals surface area contributed by atoms with E-state index in [0.29, 0.717) is 12.8 Å². The van der Waals surface area contributed by atoms with Gasteiger partial charge in [-0.15, -0.1) is 0 Å². The maximum atomic E-state index is 13.5. The minimum atomic E-state index is -0.926. The van der Waals surface area contributed by atoms with E-state index in [4.69, 9.17) is 4.74 Å². The van der Waals surface area contributed by atoms with Gasteiger partial charge >= 0.3 is 5.97 Å². The van der Waals surface area contributed by atoms with Crippen molar-refractivity contribution in [2.24, 2.45) is 11.8 Å². The number of halogens is 2. The number of likely N-dealkylation sites (tertiary alicyclic amines) is 1. The number of nitrogens with zero attached hydrogens (tertiary/aromatic N) is 1. The molecule has 1 aromatic carbocycles. The van der Waals surface area contributed by atoms with Crippen molar-refractivity contribution < 1.29 is 32.7 Å². The lowest BCUT2D eigenvalue weighted by Gasteiger charge is -2.19. The first-order valence-corrected chi connectivity index (χ1v) is 8.62. The van der Waals surface area contributed by atoms with Crippen molar-refractivity contribution in [2.75, 3.05) is 18.5 Å². The van der Waals surface area contributed by atoms with Crippen LogP contribution in [0.2, 0.25) is 0 Å². The fourth-order valence-corrected chi connectivity index (χ4v) is 3.49. The standard InChI is InChI=1S/C18H18F2N2O5/c19-10-5-6-13(20)14(7-10)21-15(23)9-27-16(24)8-22-17(25)11-3-1-2-4-12(11)18(22)26/h5-7,11-12H,1-4,8-9H2,(H,21,23)/t11-,12-/m0/s1. The molecule has 2 aliphatic rings. The van der Waals surface area contributed by atoms with Gasteiger partial charge in [0.2, 0.25) is 11.8 Å². The average molecular weight is 380 g/mol. The molecule has 7 nitrogen and oxygen atoms in total. The Morgan fingerprint density at radius 3 is 2.37 bits per heavy atom. The van der Waals surface area contributed by atoms with Crippen LogP contribution in [0.4, 0.5) is 14.5 Å². The Hall–Kier alpha value is -2.84. The van der Waals surface area contributed by atoms with Crippen LogP contribution in [0.15, 0.2) is 18.2 Å². The van der Waals surface area contributed by atoms with Crippen molar-refractivity contribution in [1.29, 1.82) is 0 Å². The van der Waals surface area contributed by atoms with Crippen LogP contribution >= 0.6 is 0 Å². The third-order valence-corrected chi connectivity index (χ3v) is 4.79. The van der Waals surface area contributed by atoms with E-state index in [0.717, 1.165) is 35.9 Å². The summed E-state index contributed by atoms with van der Waals surface area (Å²) in [7, 11) is 0. The van der Waals surface area contributed by atoms with Crippen molar-refractivity contribution in [3.05, 3.63) is 29.8 Å². The molecule has 3 amide bonds. The highest BCUT2D eigenvalue weighted by atomic mass is 19.1. The Labute approximate surface area is 153 Å². The number of anilines is 1. The molecule has 144 valence electrons. The number of carbonyl (C=O) groups excluding carboxylic acids is 4. The number of esters is 1. The van der Waals surface area contributed by atoms with Crippen molar-refractivity contribution in [3.63, 3.8) is 0 Å². The number of hydrogen-bond donors (Lipinski definition) is 1. The largest absolute Gasteiger partial charge is 0.454 e. The van der Waals surface area contributed by atoms with Crippen LogP contribution in [0.3, 0.4) is 0 Å². The Kier molecular flexibility index (Phi) is 5.48. The molecular weight excluding hydrogens is 362 g/mol. The lowest BCUT2D eigenvalue weighted by molar-refractivity contribution is -0.154. The number of ether oxygens (including phenoxy) is 1. The van der Waals surface area contributed by atoms with Crippen molar-refractivity contribution >= 4 is 29.4 Å². The molecule has 1 aromatic rings. The van der Waals surface area contributed by atoms with Crippen LogP contribution in [0.1, 0.15) is 25.7 Å². The van der Waals surface area contributed by atoms with E-state index >= 15 is 0 Å². The van der Waals surface area contributed by atoms with Gasteiger partial charge in [0.1, 0.15) is 18.2 Å². The number of imide groups is 1. The van der Waals surface area contributed by atoms with Crippen LogP contribution in [0, 0.1) is 23.5 Å². The molecule has 3 rings (SSSR count). The minimum absolute atomic E-state index is 0.377. The average Bonchev–Trinajstić information content (AvgIpc) is 2.88. The number of rotatable bonds is 5. The second kappa shape index (κ2) is 7.81. The molecule has 1 saturated carbocycles. The van der Waals surface area contributed by atoms with Crippen LogP contribution in [-0.2, 0) is 23.9 Å². The molecule has 1 N–H and O–H groups in total. The van der Waals surface area contributed by atoms with Crippen LogP contribution in [-0.4, -0.2) is 41.7 Å². The summed E-state index contributed by atoms with van der Waals surface area (Å²) in [4.78, 5) is 49.1. The molecule has 1 aliphatic heterocycles. The summed E-state index contributed by atoms with van der Waals surface area (Å²) in [5.74, 6) is -4.90. The molecule has 0 spiro atoms. The number of nitrogens with one attached hydrogen (secondary N) is 1. The number of benzene rings is 1. The number of carbonyl (C=O) groups is 4. The van der Waals surface area contributed by atoms with Crippen molar-refractivity contribution in [2.45, 2.75) is 25.7 Å². The second-order valence-corrected chi connectivity index (χ2v) is 6.59. The Balaban J connectivity index is 1.51. The first-order valence-electron chi connectivity index (χ1n) is 8.62. The molecule has 0 radical (unpaired) electrons. The van der Waals surface area contributed by atoms with Crippen molar-refractivity contribution in [3.8, 4) is 0 Å². The summed E-state index contributed by atoms with van der Waals surface area (Å²) in [5.41, 5.74) is -0.384. The molecule has 2 fully saturated rings. The summed E-state index contributed by atoms with van der Waals surface area (Å²) in [6, 6.07) is 2.53. The van der Waals surface area contributed by atoms with Gasteiger partial charge in [-0.3, -0.25) is 24.1 Å². The third kappa shape index (κ3) is 4.12. The molecule has 27 heavy (non-hydrogen) atoms. The highest BCUT2D eigenvalue weighted by Gasteiger charge is 2.48. The van der Waals surface area contributed by atoms with Gasteiger partial charge in [-0.05, 0) is 25.0 Å². The zero-order valence-corrected chi connectivity index (χ0v) is 14.4. The smallest absolute Gasteiger partial charge is 0.326 e. The van der Waals surface area contributed by atoms with E-state index in [9.17, 15) is 28.0 Å². The van der Waals surface area contributed by atoms with Gasteiger partial charge in [-0.25, -0.2) is 8.78 Å². The molecule has 0 aromatic heterocycles. The van der Waals surface area contributed by atoms with E-state index in [-0.39, 0.29) is 29.3 Å². The fraction of sp³-hybridized carbons (Fsp3) is 0.444. The first-order chi connectivity index (χ1) is 12.9. The fourth-order valence-electron chi connectivity index (χ4n) is 3.49. The van der Waals surface area contributed by atoms with E-state index < -0.39 is 36.7 Å². The number of amides is 3. The van der Waals surface area contributed by atoms with Gasteiger partial charge in [0, 0.05) is 6.07 Å². The highest BCUT2D eigenvalue weighted by Crippen LogP contribution is 2.37. The lowest BCUT2D eigenvalue weighted by atomic mass is 9.81. The summed E-state index contributed by atoms with van der Waals surface area (Å²) in [5, 5.41) is 2.08. The van der Waals surface area contributed by atoms with Gasteiger partial charge in [0.15, 0.2) is 6.61 Å². The van der Waals surface area contributed by atoms with E-state index in [1.807, 2.05) is 0 Å². The molecular formula is C18H18F2N2O5. The van der Waals surface area contributed by atoms with E-state index in [1.165, 1.54) is 0 Å². The third-order valence-electron chi connectivity index (χ3n) is 4.79. The minimum Gasteiger partial charge on any atom is -0.454 e. The molecule has 0 unspecified atom stereocenters. The van der Waals surface area contributed by atoms with Gasteiger partial charge in [-0.1, -0.05) is 12.8 Å². The maximum absolute atomic E-state index is 13.5. The van der Waals surface area contributed by atoms with Crippen LogP contribution < -0.4 is 5.32 Å². The quantitative estimate of drug-likeness (QED) is 0.619. The van der Waals surface area contributed by atoms with Gasteiger partial charge in [-0.2, -0.15) is 0 Å². The SMILES string of the molecule is O=C(COC(=O)CN1C(=O)[C@H]2CCCC[C@@H]2C1=O)Nc1cc(F)ccc1F. The Morgan fingerprint density at radius 1 is 1.11 bits per heavy atom. The van der Waals surface area contributed by atoms with Gasteiger partial charge < -0.3 is 10.1 Å². The predicted molar refractivity (Wildman–Crippen MR) is 88.1 cm³/mol. The van der Waals surface area contributed by atoms with E-state index in [1.54, 1.807) is 0 Å². The normalized spacial score (nSPS) is 21.8. The highest BCUT2D eigenvalue weighted by molar-refractivity contribution is 6.07. The van der Waals surface area contributed by atoms with Crippen molar-refractivity contribution in [1.82, 2.24) is 4.90 Å². The number of hydrogen-bond acceptors (Lipinski definition) is 5. The molecule has 0 bridgehead atoms. The topological polar surface area (TPSA) is 92.8 Å². The molecule has 2 atom stereocenters. The Morgan fingerprint density at radius 2 is 1.74 bits per heavy atom. The number of fused-ring (bicyclic) bond motifs is 1. The predicted octanol–water partition coefficient (Wildman–Crippen LogP) is 1.62. The Bertz CT molecular complexity index is 774. The summed E-state index contributed by atoms with van der Waals surface area (Å²) in [6.07, 6.45) is 3.00. The maximum Gasteiger partial charge on any atom is 0.326 e. The zero-order chi connectivity index (χ0) is 19.6. The lowest BCUT2D eigenvalue weighted by Crippen LogP contribution is -2.37. The van der Waals surface area contributed by atoms with Crippen LogP contribution in [0.5, 0.6) is 0 Å². The van der Waals surface area contributed by atoms with Crippen LogP contribution in [0.25, 0.3) is 0 Å². The molecule has 1 heterocycles. The first kappa shape index (κ1) is 18.9. The molecule has 1 aliphatic carbocycles. The zero-order valence-electron chi connectivity index (χ0n) is 14.4. The summed E-state index contributed by atoms with van der Waals surface area (Å²) < 4.78 is 31.3. The molecule has 1 saturated heterocycles. The van der Waals surface area contributed by atoms with Gasteiger partial charge in [0.25, 0.3) is 5.91 Å². The molecule has 9 heteroatoms. The van der Waals surface area contributed by atoms with Gasteiger partial charge in [0.05, 0.1) is 17.5 Å².